The third kappa shape index (κ3) is 5.14. The van der Waals surface area contributed by atoms with E-state index in [9.17, 15) is 4.79 Å². The maximum absolute atomic E-state index is 12.6. The summed E-state index contributed by atoms with van der Waals surface area (Å²) >= 11 is 0. The van der Waals surface area contributed by atoms with Gasteiger partial charge in [0, 0.05) is 37.4 Å². The second kappa shape index (κ2) is 10.8. The first-order valence-electron chi connectivity index (χ1n) is 10.8. The lowest BCUT2D eigenvalue weighted by molar-refractivity contribution is 0.0724. The number of fused-ring (bicyclic) bond motifs is 1. The maximum atomic E-state index is 12.6. The Bertz CT molecular complexity index is 875. The summed E-state index contributed by atoms with van der Waals surface area (Å²) in [6.07, 6.45) is 4.51. The third-order valence-corrected chi connectivity index (χ3v) is 5.73. The molecular weight excluding hydrogens is 487 g/mol. The number of aliphatic imine (C=N–C) groups is 1. The van der Waals surface area contributed by atoms with Crippen molar-refractivity contribution in [2.24, 2.45) is 4.99 Å². The van der Waals surface area contributed by atoms with E-state index in [0.29, 0.717) is 6.54 Å². The van der Waals surface area contributed by atoms with Crippen molar-refractivity contribution in [3.63, 3.8) is 0 Å². The predicted molar refractivity (Wildman–Crippen MR) is 134 cm³/mol. The van der Waals surface area contributed by atoms with Crippen LogP contribution < -0.4 is 10.2 Å². The zero-order valence-electron chi connectivity index (χ0n) is 17.6. The highest BCUT2D eigenvalue weighted by Gasteiger charge is 2.22. The number of halogens is 1. The maximum Gasteiger partial charge on any atom is 0.253 e. The molecule has 0 spiro atoms. The van der Waals surface area contributed by atoms with Crippen molar-refractivity contribution in [2.45, 2.75) is 39.2 Å². The Balaban J connectivity index is 0.00000256. The smallest absolute Gasteiger partial charge is 0.253 e. The van der Waals surface area contributed by atoms with Crippen LogP contribution in [0.15, 0.2) is 53.5 Å². The number of benzene rings is 2. The van der Waals surface area contributed by atoms with E-state index in [0.717, 1.165) is 62.5 Å². The summed E-state index contributed by atoms with van der Waals surface area (Å²) in [5.41, 5.74) is 4.51. The van der Waals surface area contributed by atoms with Gasteiger partial charge in [-0.15, -0.1) is 24.0 Å². The second-order valence-corrected chi connectivity index (χ2v) is 7.75. The van der Waals surface area contributed by atoms with Crippen LogP contribution in [-0.2, 0) is 13.0 Å². The number of anilines is 1. The summed E-state index contributed by atoms with van der Waals surface area (Å²) in [6, 6.07) is 16.5. The van der Waals surface area contributed by atoms with Crippen LogP contribution in [0.2, 0.25) is 0 Å². The lowest BCUT2D eigenvalue weighted by atomic mass is 10.1. The molecule has 0 aromatic heterocycles. The van der Waals surface area contributed by atoms with Crippen molar-refractivity contribution < 1.29 is 4.79 Å². The highest BCUT2D eigenvalue weighted by atomic mass is 127. The monoisotopic (exact) mass is 518 g/mol. The third-order valence-electron chi connectivity index (χ3n) is 5.73. The minimum absolute atomic E-state index is 0. The zero-order valence-corrected chi connectivity index (χ0v) is 20.0. The number of hydrogen-bond acceptors (Lipinski definition) is 2. The molecule has 2 aromatic rings. The summed E-state index contributed by atoms with van der Waals surface area (Å²) in [7, 11) is 0. The SMILES string of the molecule is CCNC(=NCc1ccc(C(=O)N2CCCCC2)cc1)N1CCc2ccccc21.I. The number of nitrogens with one attached hydrogen (secondary N) is 1. The summed E-state index contributed by atoms with van der Waals surface area (Å²) in [6.45, 7) is 6.25. The van der Waals surface area contributed by atoms with Crippen molar-refractivity contribution in [1.29, 1.82) is 0 Å². The highest BCUT2D eigenvalue weighted by Crippen LogP contribution is 2.27. The van der Waals surface area contributed by atoms with E-state index in [1.807, 2.05) is 29.2 Å². The van der Waals surface area contributed by atoms with Gasteiger partial charge in [-0.1, -0.05) is 30.3 Å². The molecule has 160 valence electrons. The lowest BCUT2D eigenvalue weighted by Crippen LogP contribution is -2.40. The van der Waals surface area contributed by atoms with Gasteiger partial charge in [0.2, 0.25) is 0 Å². The molecule has 0 saturated carbocycles. The van der Waals surface area contributed by atoms with E-state index in [2.05, 4.69) is 41.4 Å². The van der Waals surface area contributed by atoms with E-state index in [1.54, 1.807) is 0 Å². The fourth-order valence-corrected chi connectivity index (χ4v) is 4.15. The number of carbonyl (C=O) groups excluding carboxylic acids is 1. The molecule has 2 heterocycles. The number of likely N-dealkylation sites (tertiary alicyclic amines) is 1. The van der Waals surface area contributed by atoms with Gasteiger partial charge in [0.05, 0.1) is 6.54 Å². The van der Waals surface area contributed by atoms with Crippen LogP contribution in [-0.4, -0.2) is 42.9 Å². The average molecular weight is 518 g/mol. The van der Waals surface area contributed by atoms with Crippen molar-refractivity contribution >= 4 is 41.5 Å². The minimum atomic E-state index is 0. The Morgan fingerprint density at radius 1 is 1.00 bits per heavy atom. The molecule has 0 unspecified atom stereocenters. The largest absolute Gasteiger partial charge is 0.356 e. The second-order valence-electron chi connectivity index (χ2n) is 7.75. The molecule has 0 aliphatic carbocycles. The topological polar surface area (TPSA) is 47.9 Å². The Kier molecular flexibility index (Phi) is 8.13. The molecule has 2 aliphatic heterocycles. The fourth-order valence-electron chi connectivity index (χ4n) is 4.15. The van der Waals surface area contributed by atoms with Crippen molar-refractivity contribution in [3.05, 3.63) is 65.2 Å². The minimum Gasteiger partial charge on any atom is -0.356 e. The van der Waals surface area contributed by atoms with Crippen molar-refractivity contribution in [3.8, 4) is 0 Å². The first-order valence-corrected chi connectivity index (χ1v) is 10.8. The van der Waals surface area contributed by atoms with Crippen LogP contribution >= 0.6 is 24.0 Å². The van der Waals surface area contributed by atoms with E-state index in [1.165, 1.54) is 17.7 Å². The van der Waals surface area contributed by atoms with Crippen LogP contribution in [0.4, 0.5) is 5.69 Å². The van der Waals surface area contributed by atoms with Crippen LogP contribution in [0.25, 0.3) is 0 Å². The first-order chi connectivity index (χ1) is 14.3. The van der Waals surface area contributed by atoms with Crippen LogP contribution in [0, 0.1) is 0 Å². The van der Waals surface area contributed by atoms with E-state index in [4.69, 9.17) is 4.99 Å². The van der Waals surface area contributed by atoms with Gasteiger partial charge in [0.15, 0.2) is 5.96 Å². The van der Waals surface area contributed by atoms with Crippen molar-refractivity contribution in [1.82, 2.24) is 10.2 Å². The van der Waals surface area contributed by atoms with Gasteiger partial charge in [0.25, 0.3) is 5.91 Å². The number of piperidine rings is 1. The molecule has 4 rings (SSSR count). The Labute approximate surface area is 196 Å². The van der Waals surface area contributed by atoms with Gasteiger partial charge < -0.3 is 15.1 Å². The van der Waals surface area contributed by atoms with E-state index in [-0.39, 0.29) is 29.9 Å². The number of rotatable bonds is 4. The van der Waals surface area contributed by atoms with Gasteiger partial charge in [-0.25, -0.2) is 4.99 Å². The summed E-state index contributed by atoms with van der Waals surface area (Å²) < 4.78 is 0. The molecule has 0 bridgehead atoms. The predicted octanol–water partition coefficient (Wildman–Crippen LogP) is 4.46. The zero-order chi connectivity index (χ0) is 20.1. The quantitative estimate of drug-likeness (QED) is 0.370. The molecule has 5 nitrogen and oxygen atoms in total. The summed E-state index contributed by atoms with van der Waals surface area (Å²) in [5, 5.41) is 3.42. The number of amides is 1. The molecule has 0 radical (unpaired) electrons. The Morgan fingerprint density at radius 2 is 1.73 bits per heavy atom. The molecule has 1 amide bonds. The number of carbonyl (C=O) groups is 1. The molecule has 2 aliphatic rings. The number of guanidine groups is 1. The number of hydrogen-bond donors (Lipinski definition) is 1. The summed E-state index contributed by atoms with van der Waals surface area (Å²) in [5.74, 6) is 1.08. The molecule has 30 heavy (non-hydrogen) atoms. The molecule has 1 fully saturated rings. The molecule has 1 saturated heterocycles. The molecule has 2 aromatic carbocycles. The molecule has 0 atom stereocenters. The fraction of sp³-hybridized carbons (Fsp3) is 0.417. The first kappa shape index (κ1) is 22.6. The summed E-state index contributed by atoms with van der Waals surface area (Å²) in [4.78, 5) is 21.7. The Hall–Kier alpha value is -2.09. The molecular formula is C24H31IN4O. The van der Waals surface area contributed by atoms with E-state index < -0.39 is 0 Å². The van der Waals surface area contributed by atoms with Gasteiger partial charge in [0.1, 0.15) is 0 Å². The van der Waals surface area contributed by atoms with Gasteiger partial charge >= 0.3 is 0 Å². The standard InChI is InChI=1S/C24H30N4O.HI/c1-2-25-24(28-17-14-20-8-4-5-9-22(20)28)26-18-19-10-12-21(13-11-19)23(29)27-15-6-3-7-16-27;/h4-5,8-13H,2-3,6-7,14-18H2,1H3,(H,25,26);1H. The van der Waals surface area contributed by atoms with Crippen LogP contribution in [0.5, 0.6) is 0 Å². The number of nitrogens with zero attached hydrogens (tertiary/aromatic N) is 3. The van der Waals surface area contributed by atoms with Gasteiger partial charge in [-0.05, 0) is 61.9 Å². The van der Waals surface area contributed by atoms with E-state index >= 15 is 0 Å². The van der Waals surface area contributed by atoms with Crippen LogP contribution in [0.3, 0.4) is 0 Å². The van der Waals surface area contributed by atoms with Crippen LogP contribution in [0.1, 0.15) is 47.7 Å². The normalized spacial score (nSPS) is 16.1. The molecule has 6 heteroatoms. The highest BCUT2D eigenvalue weighted by molar-refractivity contribution is 14.0. The Morgan fingerprint density at radius 3 is 2.47 bits per heavy atom. The average Bonchev–Trinajstić information content (AvgIpc) is 3.21. The van der Waals surface area contributed by atoms with Gasteiger partial charge in [-0.2, -0.15) is 0 Å². The lowest BCUT2D eigenvalue weighted by Gasteiger charge is -2.26. The van der Waals surface area contributed by atoms with Gasteiger partial charge in [-0.3, -0.25) is 4.79 Å². The molecule has 1 N–H and O–H groups in total. The van der Waals surface area contributed by atoms with Crippen molar-refractivity contribution in [2.75, 3.05) is 31.1 Å². The number of para-hydroxylation sites is 1.